The first-order valence-corrected chi connectivity index (χ1v) is 9.36. The molecule has 0 aliphatic carbocycles. The molecule has 0 fully saturated rings. The highest BCUT2D eigenvalue weighted by atomic mass is 35.5. The second-order valence-corrected chi connectivity index (χ2v) is 7.23. The molecule has 4 N–H and O–H groups in total. The molecule has 4 heterocycles. The molecule has 5 rings (SSSR count). The summed E-state index contributed by atoms with van der Waals surface area (Å²) in [7, 11) is 0. The van der Waals surface area contributed by atoms with Crippen LogP contribution in [0.2, 0.25) is 5.15 Å². The van der Waals surface area contributed by atoms with E-state index in [1.165, 1.54) is 24.5 Å². The number of aromatic nitrogens is 5. The van der Waals surface area contributed by atoms with Gasteiger partial charge in [-0.05, 0) is 31.2 Å². The highest BCUT2D eigenvalue weighted by Gasteiger charge is 2.29. The fourth-order valence-electron chi connectivity index (χ4n) is 3.57. The van der Waals surface area contributed by atoms with E-state index in [0.29, 0.717) is 28.1 Å². The molecule has 0 radical (unpaired) electrons. The molecule has 1 aliphatic rings. The summed E-state index contributed by atoms with van der Waals surface area (Å²) in [6, 6.07) is 5.85. The van der Waals surface area contributed by atoms with E-state index in [0.717, 1.165) is 0 Å². The van der Waals surface area contributed by atoms with E-state index in [1.54, 1.807) is 19.1 Å². The number of aromatic amines is 2. The van der Waals surface area contributed by atoms with Gasteiger partial charge in [-0.25, -0.2) is 9.37 Å². The van der Waals surface area contributed by atoms with Gasteiger partial charge < -0.3 is 10.5 Å². The highest BCUT2D eigenvalue weighted by molar-refractivity contribution is 6.35. The number of rotatable bonds is 0. The summed E-state index contributed by atoms with van der Waals surface area (Å²) >= 11 is 6.27. The maximum absolute atomic E-state index is 14.1. The van der Waals surface area contributed by atoms with Crippen molar-refractivity contribution in [3.8, 4) is 28.3 Å². The predicted molar refractivity (Wildman–Crippen MR) is 108 cm³/mol. The Balaban J connectivity index is 1.85. The van der Waals surface area contributed by atoms with Gasteiger partial charge in [0.1, 0.15) is 22.8 Å². The molecule has 0 unspecified atom stereocenters. The van der Waals surface area contributed by atoms with Gasteiger partial charge in [0.15, 0.2) is 11.6 Å². The maximum Gasteiger partial charge on any atom is 0.202 e. The van der Waals surface area contributed by atoms with Gasteiger partial charge in [-0.2, -0.15) is 10.2 Å². The summed E-state index contributed by atoms with van der Waals surface area (Å²) in [5.41, 5.74) is 8.71. The van der Waals surface area contributed by atoms with Gasteiger partial charge in [0, 0.05) is 22.9 Å². The monoisotopic (exact) mass is 424 g/mol. The van der Waals surface area contributed by atoms with E-state index in [1.807, 2.05) is 0 Å². The van der Waals surface area contributed by atoms with Gasteiger partial charge in [-0.3, -0.25) is 15.0 Å². The van der Waals surface area contributed by atoms with Crippen LogP contribution in [0.3, 0.4) is 0 Å². The molecule has 8 nitrogen and oxygen atoms in total. The van der Waals surface area contributed by atoms with E-state index in [2.05, 4.69) is 25.4 Å². The van der Waals surface area contributed by atoms with E-state index < -0.39 is 17.7 Å². The number of carbonyl (C=O) groups excluding carboxylic acids is 1. The van der Waals surface area contributed by atoms with Crippen molar-refractivity contribution in [2.24, 2.45) is 0 Å². The van der Waals surface area contributed by atoms with Crippen LogP contribution in [-0.4, -0.2) is 31.2 Å². The van der Waals surface area contributed by atoms with Crippen LogP contribution in [0.4, 0.5) is 10.2 Å². The summed E-state index contributed by atoms with van der Waals surface area (Å²) in [6.45, 7) is 1.75. The Labute approximate surface area is 174 Å². The van der Waals surface area contributed by atoms with Crippen molar-refractivity contribution in [1.82, 2.24) is 25.4 Å². The standard InChI is InChI=1S/C20H14ClFN6O2/c1-8-12-5-10(22)2-3-11(12)17-13(7-25-26-17)18(29)15-16(27-28-19(15)21)9-4-14(30-8)20(23)24-6-9/h2-8H,1H3,(H2,23,24)(H,25,26)(H,27,28)/t8-/m1/s1. The number of H-pyrrole nitrogens is 2. The Morgan fingerprint density at radius 3 is 2.87 bits per heavy atom. The number of hydrogen-bond acceptors (Lipinski definition) is 6. The van der Waals surface area contributed by atoms with Gasteiger partial charge >= 0.3 is 0 Å². The van der Waals surface area contributed by atoms with Crippen LogP contribution >= 0.6 is 11.6 Å². The molecule has 3 aromatic heterocycles. The number of ether oxygens (including phenoxy) is 1. The number of ketones is 1. The Morgan fingerprint density at radius 2 is 2.03 bits per heavy atom. The summed E-state index contributed by atoms with van der Waals surface area (Å²) in [4.78, 5) is 17.6. The van der Waals surface area contributed by atoms with Gasteiger partial charge in [0.25, 0.3) is 0 Å². The Hall–Kier alpha value is -3.72. The number of nitrogens with zero attached hydrogens (tertiary/aromatic N) is 3. The molecule has 150 valence electrons. The van der Waals surface area contributed by atoms with Gasteiger partial charge in [-0.15, -0.1) is 0 Å². The largest absolute Gasteiger partial charge is 0.482 e. The average molecular weight is 425 g/mol. The number of nitrogen functional groups attached to an aromatic ring is 1. The van der Waals surface area contributed by atoms with Crippen molar-refractivity contribution in [3.05, 3.63) is 64.3 Å². The van der Waals surface area contributed by atoms with Gasteiger partial charge in [-0.1, -0.05) is 11.6 Å². The number of benzene rings is 1. The normalized spacial score (nSPS) is 15.3. The van der Waals surface area contributed by atoms with Crippen LogP contribution in [0.15, 0.2) is 36.7 Å². The quantitative estimate of drug-likeness (QED) is 0.393. The van der Waals surface area contributed by atoms with Crippen molar-refractivity contribution in [2.75, 3.05) is 5.73 Å². The summed E-state index contributed by atoms with van der Waals surface area (Å²) < 4.78 is 20.1. The number of nitrogens with one attached hydrogen (secondary N) is 2. The number of hydrogen-bond donors (Lipinski definition) is 3. The number of halogens is 2. The molecule has 30 heavy (non-hydrogen) atoms. The van der Waals surface area contributed by atoms with Crippen LogP contribution in [-0.2, 0) is 0 Å². The van der Waals surface area contributed by atoms with Crippen molar-refractivity contribution in [3.63, 3.8) is 0 Å². The summed E-state index contributed by atoms with van der Waals surface area (Å²) in [6.07, 6.45) is 2.27. The lowest BCUT2D eigenvalue weighted by Gasteiger charge is -2.20. The fraction of sp³-hybridized carbons (Fsp3) is 0.100. The highest BCUT2D eigenvalue weighted by Crippen LogP contribution is 2.38. The minimum atomic E-state index is -0.608. The predicted octanol–water partition coefficient (Wildman–Crippen LogP) is 3.92. The number of pyridine rings is 1. The zero-order valence-electron chi connectivity index (χ0n) is 15.5. The first kappa shape index (κ1) is 18.3. The third-order valence-electron chi connectivity index (χ3n) is 5.01. The van der Waals surface area contributed by atoms with E-state index >= 15 is 0 Å². The molecule has 0 saturated carbocycles. The third-order valence-corrected chi connectivity index (χ3v) is 5.29. The second-order valence-electron chi connectivity index (χ2n) is 6.85. The lowest BCUT2D eigenvalue weighted by Crippen LogP contribution is -2.11. The zero-order chi connectivity index (χ0) is 21.0. The van der Waals surface area contributed by atoms with E-state index in [9.17, 15) is 9.18 Å². The van der Waals surface area contributed by atoms with E-state index in [4.69, 9.17) is 22.1 Å². The Morgan fingerprint density at radius 1 is 1.20 bits per heavy atom. The van der Waals surface area contributed by atoms with Crippen LogP contribution < -0.4 is 10.5 Å². The van der Waals surface area contributed by atoms with Crippen LogP contribution in [0.25, 0.3) is 22.5 Å². The number of nitrogens with two attached hydrogens (primary N) is 1. The molecule has 0 amide bonds. The maximum atomic E-state index is 14.1. The molecule has 4 aromatic rings. The summed E-state index contributed by atoms with van der Waals surface area (Å²) in [5.74, 6) is -0.408. The molecule has 2 bridgehead atoms. The number of carbonyl (C=O) groups is 1. The van der Waals surface area contributed by atoms with Crippen molar-refractivity contribution in [2.45, 2.75) is 13.0 Å². The van der Waals surface area contributed by atoms with Crippen LogP contribution in [0.1, 0.15) is 34.5 Å². The molecule has 1 aliphatic heterocycles. The number of fused-ring (bicyclic) bond motifs is 7. The fourth-order valence-corrected chi connectivity index (χ4v) is 3.78. The third kappa shape index (κ3) is 2.74. The van der Waals surface area contributed by atoms with Crippen molar-refractivity contribution < 1.29 is 13.9 Å². The SMILES string of the molecule is C[C@H]1Oc2cc(cnc2N)-c2n[nH]c(Cl)c2C(=O)c2cn[nH]c2-c2ccc(F)cc21. The average Bonchev–Trinajstić information content (AvgIpc) is 3.35. The van der Waals surface area contributed by atoms with E-state index in [-0.39, 0.29) is 27.8 Å². The molecular formula is C20H14ClFN6O2. The summed E-state index contributed by atoms with van der Waals surface area (Å²) in [5, 5.41) is 13.8. The molecule has 0 saturated heterocycles. The molecule has 10 heteroatoms. The topological polar surface area (TPSA) is 123 Å². The lowest BCUT2D eigenvalue weighted by atomic mass is 9.94. The molecular weight excluding hydrogens is 411 g/mol. The van der Waals surface area contributed by atoms with Crippen molar-refractivity contribution in [1.29, 1.82) is 0 Å². The first-order valence-electron chi connectivity index (χ1n) is 8.98. The molecule has 1 aromatic carbocycles. The Kier molecular flexibility index (Phi) is 4.07. The minimum absolute atomic E-state index is 0.0752. The molecule has 0 spiro atoms. The van der Waals surface area contributed by atoms with Crippen molar-refractivity contribution >= 4 is 23.2 Å². The smallest absolute Gasteiger partial charge is 0.202 e. The van der Waals surface area contributed by atoms with Crippen LogP contribution in [0, 0.1) is 5.82 Å². The lowest BCUT2D eigenvalue weighted by molar-refractivity contribution is 0.104. The number of anilines is 1. The minimum Gasteiger partial charge on any atom is -0.482 e. The Bertz CT molecular complexity index is 1310. The van der Waals surface area contributed by atoms with Gasteiger partial charge in [0.2, 0.25) is 5.78 Å². The molecule has 1 atom stereocenters. The van der Waals surface area contributed by atoms with Crippen LogP contribution in [0.5, 0.6) is 5.75 Å². The zero-order valence-corrected chi connectivity index (χ0v) is 16.3. The first-order chi connectivity index (χ1) is 14.4. The second kappa shape index (κ2) is 6.67. The van der Waals surface area contributed by atoms with Gasteiger partial charge in [0.05, 0.1) is 23.0 Å².